The Morgan fingerprint density at radius 2 is 1.90 bits per heavy atom. The van der Waals surface area contributed by atoms with Gasteiger partial charge in [-0.05, 0) is 37.4 Å². The number of halogens is 1. The maximum Gasteiger partial charge on any atom is 0.347 e. The Kier molecular flexibility index (Phi) is 6.18. The molecule has 2 aromatic carbocycles. The van der Waals surface area contributed by atoms with E-state index in [1.807, 2.05) is 24.3 Å². The lowest BCUT2D eigenvalue weighted by molar-refractivity contribution is 0.0728. The van der Waals surface area contributed by atoms with Crippen LogP contribution in [0.2, 0.25) is 5.02 Å². The summed E-state index contributed by atoms with van der Waals surface area (Å²) in [6.07, 6.45) is 1.68. The molecule has 7 heteroatoms. The van der Waals surface area contributed by atoms with E-state index in [2.05, 4.69) is 21.8 Å². The maximum atomic E-state index is 13.0. The summed E-state index contributed by atoms with van der Waals surface area (Å²) in [4.78, 5) is 22.1. The molecule has 156 valence electrons. The molecule has 0 atom stereocenters. The lowest BCUT2D eigenvalue weighted by atomic mass is 10.1. The summed E-state index contributed by atoms with van der Waals surface area (Å²) in [5.41, 5.74) is 1.79. The summed E-state index contributed by atoms with van der Waals surface area (Å²) in [5, 5.41) is 1.35. The highest BCUT2D eigenvalue weighted by Crippen LogP contribution is 2.35. The van der Waals surface area contributed by atoms with Crippen molar-refractivity contribution < 1.29 is 14.3 Å². The van der Waals surface area contributed by atoms with E-state index in [0.29, 0.717) is 34.1 Å². The molecule has 0 unspecified atom stereocenters. The highest BCUT2D eigenvalue weighted by atomic mass is 35.5. The Balaban J connectivity index is 1.72. The molecule has 0 spiro atoms. The second kappa shape index (κ2) is 9.00. The van der Waals surface area contributed by atoms with E-state index < -0.39 is 5.97 Å². The predicted molar refractivity (Wildman–Crippen MR) is 117 cm³/mol. The molecule has 0 aliphatic carbocycles. The zero-order chi connectivity index (χ0) is 21.1. The van der Waals surface area contributed by atoms with Gasteiger partial charge in [0.25, 0.3) is 0 Å². The van der Waals surface area contributed by atoms with Gasteiger partial charge < -0.3 is 14.4 Å². The molecule has 1 aliphatic rings. The van der Waals surface area contributed by atoms with Crippen molar-refractivity contribution in [1.82, 2.24) is 14.8 Å². The Labute approximate surface area is 181 Å². The van der Waals surface area contributed by atoms with Crippen molar-refractivity contribution in [2.75, 3.05) is 40.3 Å². The number of pyridine rings is 1. The number of benzene rings is 2. The minimum Gasteiger partial charge on any atom is -0.496 e. The molecular weight excluding hydrogens is 402 g/mol. The Hall–Kier alpha value is -2.67. The van der Waals surface area contributed by atoms with Gasteiger partial charge in [0.1, 0.15) is 16.8 Å². The summed E-state index contributed by atoms with van der Waals surface area (Å²) in [6.45, 7) is 4.50. The van der Waals surface area contributed by atoms with Gasteiger partial charge in [0.05, 0.1) is 12.1 Å². The van der Waals surface area contributed by atoms with Crippen LogP contribution in [0.3, 0.4) is 0 Å². The second-order valence-corrected chi connectivity index (χ2v) is 7.82. The first-order valence-electron chi connectivity index (χ1n) is 9.89. The molecule has 0 saturated carbocycles. The average molecular weight is 426 g/mol. The van der Waals surface area contributed by atoms with E-state index in [4.69, 9.17) is 21.1 Å². The van der Waals surface area contributed by atoms with Gasteiger partial charge in [0, 0.05) is 49.9 Å². The number of rotatable bonds is 5. The van der Waals surface area contributed by atoms with Crippen LogP contribution in [-0.4, -0.2) is 61.1 Å². The third-order valence-corrected chi connectivity index (χ3v) is 5.70. The van der Waals surface area contributed by atoms with E-state index in [1.165, 1.54) is 7.11 Å². The minimum atomic E-state index is -0.485. The van der Waals surface area contributed by atoms with Crippen LogP contribution >= 0.6 is 11.6 Å². The number of esters is 1. The third-order valence-electron chi connectivity index (χ3n) is 5.38. The van der Waals surface area contributed by atoms with Gasteiger partial charge in [-0.2, -0.15) is 0 Å². The Morgan fingerprint density at radius 3 is 2.67 bits per heavy atom. The van der Waals surface area contributed by atoms with Gasteiger partial charge in [-0.15, -0.1) is 0 Å². The van der Waals surface area contributed by atoms with Crippen molar-refractivity contribution in [2.45, 2.75) is 6.54 Å². The van der Waals surface area contributed by atoms with Gasteiger partial charge in [0.15, 0.2) is 5.75 Å². The van der Waals surface area contributed by atoms with Crippen molar-refractivity contribution in [3.63, 3.8) is 0 Å². The quantitative estimate of drug-likeness (QED) is 0.457. The predicted octanol–water partition coefficient (Wildman–Crippen LogP) is 3.86. The fourth-order valence-electron chi connectivity index (χ4n) is 3.67. The first kappa shape index (κ1) is 20.6. The summed E-state index contributed by atoms with van der Waals surface area (Å²) in [6, 6.07) is 12.6. The molecule has 0 radical (unpaired) electrons. The van der Waals surface area contributed by atoms with Crippen LogP contribution in [0.15, 0.2) is 48.7 Å². The Bertz CT molecular complexity index is 1060. The molecule has 1 aromatic heterocycles. The highest BCUT2D eigenvalue weighted by Gasteiger charge is 2.22. The molecule has 0 bridgehead atoms. The van der Waals surface area contributed by atoms with Gasteiger partial charge in [-0.25, -0.2) is 4.79 Å². The van der Waals surface area contributed by atoms with Crippen LogP contribution in [0.25, 0.3) is 10.9 Å². The summed E-state index contributed by atoms with van der Waals surface area (Å²) in [7, 11) is 3.65. The van der Waals surface area contributed by atoms with Crippen molar-refractivity contribution in [3.8, 4) is 11.5 Å². The largest absolute Gasteiger partial charge is 0.496 e. The molecule has 3 aromatic rings. The first-order valence-corrected chi connectivity index (χ1v) is 10.3. The van der Waals surface area contributed by atoms with Crippen molar-refractivity contribution in [1.29, 1.82) is 0 Å². The van der Waals surface area contributed by atoms with E-state index in [1.54, 1.807) is 24.4 Å². The topological polar surface area (TPSA) is 54.9 Å². The van der Waals surface area contributed by atoms with Crippen LogP contribution < -0.4 is 9.47 Å². The minimum absolute atomic E-state index is 0.365. The number of hydrogen-bond acceptors (Lipinski definition) is 6. The number of nitrogens with zero attached hydrogens (tertiary/aromatic N) is 3. The van der Waals surface area contributed by atoms with Gasteiger partial charge >= 0.3 is 5.97 Å². The Morgan fingerprint density at radius 1 is 1.13 bits per heavy atom. The van der Waals surface area contributed by atoms with E-state index in [9.17, 15) is 4.79 Å². The molecule has 2 heterocycles. The molecule has 1 aliphatic heterocycles. The normalized spacial score (nSPS) is 15.3. The molecule has 0 amide bonds. The van der Waals surface area contributed by atoms with Crippen LogP contribution in [0, 0.1) is 0 Å². The zero-order valence-corrected chi connectivity index (χ0v) is 17.9. The van der Waals surface area contributed by atoms with E-state index >= 15 is 0 Å². The monoisotopic (exact) mass is 425 g/mol. The number of para-hydroxylation sites is 1. The number of piperazine rings is 1. The molecule has 1 fully saturated rings. The highest BCUT2D eigenvalue weighted by molar-refractivity contribution is 6.35. The van der Waals surface area contributed by atoms with Crippen LogP contribution in [0.4, 0.5) is 0 Å². The SMILES string of the molecule is COc1ccccc1C(=O)Oc1c(CN2CCN(C)CC2)cc(Cl)c2cccnc12. The van der Waals surface area contributed by atoms with Gasteiger partial charge in [0.2, 0.25) is 0 Å². The lowest BCUT2D eigenvalue weighted by Gasteiger charge is -2.32. The number of hydrogen-bond donors (Lipinski definition) is 0. The fraction of sp³-hybridized carbons (Fsp3) is 0.304. The lowest BCUT2D eigenvalue weighted by Crippen LogP contribution is -2.43. The van der Waals surface area contributed by atoms with E-state index in [-0.39, 0.29) is 0 Å². The number of methoxy groups -OCH3 is 1. The average Bonchev–Trinajstić information content (AvgIpc) is 2.77. The maximum absolute atomic E-state index is 13.0. The van der Waals surface area contributed by atoms with Crippen LogP contribution in [-0.2, 0) is 6.54 Å². The third kappa shape index (κ3) is 4.26. The molecular formula is C23H24ClN3O3. The standard InChI is InChI=1S/C23H24ClN3O3/c1-26-10-12-27(13-11-26)15-16-14-19(24)17-7-5-9-25-21(17)22(16)30-23(28)18-6-3-4-8-20(18)29-2/h3-9,14H,10-13,15H2,1-2H3. The van der Waals surface area contributed by atoms with Gasteiger partial charge in [-0.1, -0.05) is 23.7 Å². The molecule has 6 nitrogen and oxygen atoms in total. The summed E-state index contributed by atoms with van der Waals surface area (Å²) in [5.74, 6) is 0.431. The number of likely N-dealkylation sites (N-methyl/N-ethyl adjacent to an activating group) is 1. The van der Waals surface area contributed by atoms with Crippen molar-refractivity contribution in [2.24, 2.45) is 0 Å². The smallest absolute Gasteiger partial charge is 0.347 e. The molecule has 30 heavy (non-hydrogen) atoms. The molecule has 1 saturated heterocycles. The van der Waals surface area contributed by atoms with Crippen LogP contribution in [0.1, 0.15) is 15.9 Å². The van der Waals surface area contributed by atoms with Gasteiger partial charge in [-0.3, -0.25) is 9.88 Å². The molecule has 4 rings (SSSR count). The number of aromatic nitrogens is 1. The zero-order valence-electron chi connectivity index (χ0n) is 17.1. The number of ether oxygens (including phenoxy) is 2. The van der Waals surface area contributed by atoms with Crippen molar-refractivity contribution in [3.05, 3.63) is 64.8 Å². The first-order chi connectivity index (χ1) is 14.6. The number of fused-ring (bicyclic) bond motifs is 1. The fourth-order valence-corrected chi connectivity index (χ4v) is 3.95. The second-order valence-electron chi connectivity index (χ2n) is 7.42. The summed E-state index contributed by atoms with van der Waals surface area (Å²) >= 11 is 6.55. The van der Waals surface area contributed by atoms with Crippen molar-refractivity contribution >= 4 is 28.5 Å². The van der Waals surface area contributed by atoms with Crippen LogP contribution in [0.5, 0.6) is 11.5 Å². The summed E-state index contributed by atoms with van der Waals surface area (Å²) < 4.78 is 11.2. The number of carbonyl (C=O) groups is 1. The molecule has 0 N–H and O–H groups in total. The number of carbonyl (C=O) groups excluding carboxylic acids is 1. The van der Waals surface area contributed by atoms with E-state index in [0.717, 1.165) is 37.1 Å².